The zero-order valence-electron chi connectivity index (χ0n) is 9.93. The Balaban J connectivity index is 2.07. The Morgan fingerprint density at radius 2 is 2.12 bits per heavy atom. The van der Waals surface area contributed by atoms with Crippen LogP contribution >= 0.6 is 0 Å². The second-order valence-corrected chi connectivity index (χ2v) is 3.34. The molecule has 0 amide bonds. The Bertz CT molecular complexity index is 313. The largest absolute Gasteiger partial charge is 0.492 e. The van der Waals surface area contributed by atoms with Gasteiger partial charge in [-0.3, -0.25) is 4.79 Å². The van der Waals surface area contributed by atoms with Crippen molar-refractivity contribution >= 4 is 6.29 Å². The highest BCUT2D eigenvalue weighted by molar-refractivity contribution is 5.71. The van der Waals surface area contributed by atoms with Crippen LogP contribution in [-0.2, 0) is 9.47 Å². The summed E-state index contributed by atoms with van der Waals surface area (Å²) >= 11 is 0. The number of ether oxygens (including phenoxy) is 3. The minimum atomic E-state index is 0.403. The van der Waals surface area contributed by atoms with Gasteiger partial charge in [0.15, 0.2) is 6.29 Å². The van der Waals surface area contributed by atoms with Crippen LogP contribution in [0.4, 0.5) is 0 Å². The van der Waals surface area contributed by atoms with E-state index in [2.05, 4.69) is 4.98 Å². The van der Waals surface area contributed by atoms with Crippen LogP contribution in [0.25, 0.3) is 0 Å². The number of carbonyl (C=O) groups excluding carboxylic acids is 1. The standard InChI is InChI=1S/C12H17NO4/c1-15-7-8-16-5-2-6-17-12-4-3-11(10-14)13-9-12/h3-4,9-10H,2,5-8H2,1H3. The van der Waals surface area contributed by atoms with Crippen molar-refractivity contribution in [3.05, 3.63) is 24.0 Å². The third-order valence-corrected chi connectivity index (χ3v) is 2.01. The van der Waals surface area contributed by atoms with Crippen molar-refractivity contribution in [3.8, 4) is 5.75 Å². The number of hydrogen-bond donors (Lipinski definition) is 0. The van der Waals surface area contributed by atoms with Crippen LogP contribution in [0.2, 0.25) is 0 Å². The monoisotopic (exact) mass is 239 g/mol. The van der Waals surface area contributed by atoms with Crippen molar-refractivity contribution in [3.63, 3.8) is 0 Å². The predicted molar refractivity (Wildman–Crippen MR) is 62.4 cm³/mol. The summed E-state index contributed by atoms with van der Waals surface area (Å²) in [5.74, 6) is 0.660. The van der Waals surface area contributed by atoms with Crippen molar-refractivity contribution in [2.75, 3.05) is 33.5 Å². The molecule has 0 aliphatic heterocycles. The smallest absolute Gasteiger partial charge is 0.168 e. The minimum absolute atomic E-state index is 0.403. The molecule has 0 saturated heterocycles. The lowest BCUT2D eigenvalue weighted by Gasteiger charge is -2.06. The van der Waals surface area contributed by atoms with E-state index in [1.54, 1.807) is 19.2 Å². The molecule has 0 saturated carbocycles. The fourth-order valence-corrected chi connectivity index (χ4v) is 1.14. The molecule has 0 spiro atoms. The van der Waals surface area contributed by atoms with Gasteiger partial charge in [-0.1, -0.05) is 0 Å². The van der Waals surface area contributed by atoms with E-state index in [0.29, 0.717) is 44.2 Å². The van der Waals surface area contributed by atoms with Crippen LogP contribution in [0.3, 0.4) is 0 Å². The van der Waals surface area contributed by atoms with Gasteiger partial charge < -0.3 is 14.2 Å². The molecule has 0 aliphatic carbocycles. The van der Waals surface area contributed by atoms with Gasteiger partial charge in [-0.15, -0.1) is 0 Å². The summed E-state index contributed by atoms with van der Waals surface area (Å²) in [5, 5.41) is 0. The third-order valence-electron chi connectivity index (χ3n) is 2.01. The van der Waals surface area contributed by atoms with E-state index in [1.807, 2.05) is 0 Å². The lowest BCUT2D eigenvalue weighted by atomic mass is 10.3. The molecule has 17 heavy (non-hydrogen) atoms. The van der Waals surface area contributed by atoms with Crippen molar-refractivity contribution < 1.29 is 19.0 Å². The van der Waals surface area contributed by atoms with Crippen molar-refractivity contribution in [2.45, 2.75) is 6.42 Å². The quantitative estimate of drug-likeness (QED) is 0.480. The first-order valence-electron chi connectivity index (χ1n) is 5.47. The minimum Gasteiger partial charge on any atom is -0.492 e. The predicted octanol–water partition coefficient (Wildman–Crippen LogP) is 1.33. The molecule has 0 aliphatic rings. The maximum atomic E-state index is 10.4. The van der Waals surface area contributed by atoms with E-state index in [-0.39, 0.29) is 0 Å². The second kappa shape index (κ2) is 8.66. The third kappa shape index (κ3) is 5.99. The van der Waals surface area contributed by atoms with Crippen LogP contribution in [0.5, 0.6) is 5.75 Å². The molecular formula is C12H17NO4. The first-order valence-corrected chi connectivity index (χ1v) is 5.47. The number of aromatic nitrogens is 1. The number of aldehydes is 1. The molecule has 1 aromatic rings. The van der Waals surface area contributed by atoms with Gasteiger partial charge in [0.05, 0.1) is 26.0 Å². The van der Waals surface area contributed by atoms with E-state index in [9.17, 15) is 4.79 Å². The Morgan fingerprint density at radius 3 is 2.76 bits per heavy atom. The molecule has 5 nitrogen and oxygen atoms in total. The zero-order valence-corrected chi connectivity index (χ0v) is 9.93. The lowest BCUT2D eigenvalue weighted by Crippen LogP contribution is -2.06. The molecule has 0 fully saturated rings. The summed E-state index contributed by atoms with van der Waals surface area (Å²) in [6, 6.07) is 3.35. The summed E-state index contributed by atoms with van der Waals surface area (Å²) in [6.07, 6.45) is 3.04. The maximum absolute atomic E-state index is 10.4. The van der Waals surface area contributed by atoms with Crippen LogP contribution < -0.4 is 4.74 Å². The molecule has 0 aromatic carbocycles. The number of rotatable bonds is 9. The topological polar surface area (TPSA) is 57.7 Å². The summed E-state index contributed by atoms with van der Waals surface area (Å²) < 4.78 is 15.6. The molecule has 1 heterocycles. The average Bonchev–Trinajstić information content (AvgIpc) is 2.38. The van der Waals surface area contributed by atoms with E-state index in [1.165, 1.54) is 6.20 Å². The van der Waals surface area contributed by atoms with E-state index in [0.717, 1.165) is 6.42 Å². The Morgan fingerprint density at radius 1 is 1.24 bits per heavy atom. The molecular weight excluding hydrogens is 222 g/mol. The fraction of sp³-hybridized carbons (Fsp3) is 0.500. The first kappa shape index (κ1) is 13.6. The molecule has 94 valence electrons. The Hall–Kier alpha value is -1.46. The summed E-state index contributed by atoms with van der Waals surface area (Å²) in [4.78, 5) is 14.3. The highest BCUT2D eigenvalue weighted by Gasteiger charge is 1.96. The van der Waals surface area contributed by atoms with Gasteiger partial charge in [0, 0.05) is 20.1 Å². The van der Waals surface area contributed by atoms with Crippen molar-refractivity contribution in [1.29, 1.82) is 0 Å². The van der Waals surface area contributed by atoms with Gasteiger partial charge >= 0.3 is 0 Å². The number of carbonyl (C=O) groups is 1. The van der Waals surface area contributed by atoms with Crippen LogP contribution in [0, 0.1) is 0 Å². The molecule has 0 radical (unpaired) electrons. The SMILES string of the molecule is COCCOCCCOc1ccc(C=O)nc1. The number of nitrogens with zero attached hydrogens (tertiary/aromatic N) is 1. The van der Waals surface area contributed by atoms with Crippen LogP contribution in [0.15, 0.2) is 18.3 Å². The molecule has 1 rings (SSSR count). The van der Waals surface area contributed by atoms with Gasteiger partial charge in [0.25, 0.3) is 0 Å². The number of methoxy groups -OCH3 is 1. The van der Waals surface area contributed by atoms with Gasteiger partial charge in [-0.25, -0.2) is 4.98 Å². The highest BCUT2D eigenvalue weighted by atomic mass is 16.5. The summed E-state index contributed by atoms with van der Waals surface area (Å²) in [6.45, 7) is 2.42. The molecule has 0 bridgehead atoms. The van der Waals surface area contributed by atoms with Gasteiger partial charge in [0.1, 0.15) is 11.4 Å². The molecule has 1 aromatic heterocycles. The van der Waals surface area contributed by atoms with Gasteiger partial charge in [-0.2, -0.15) is 0 Å². The van der Waals surface area contributed by atoms with Gasteiger partial charge in [-0.05, 0) is 12.1 Å². The van der Waals surface area contributed by atoms with E-state index in [4.69, 9.17) is 14.2 Å². The highest BCUT2D eigenvalue weighted by Crippen LogP contribution is 2.08. The Kier molecular flexibility index (Phi) is 6.93. The van der Waals surface area contributed by atoms with Crippen molar-refractivity contribution in [1.82, 2.24) is 4.98 Å². The van der Waals surface area contributed by atoms with Crippen LogP contribution in [0.1, 0.15) is 16.9 Å². The Labute approximate surface area is 101 Å². The molecule has 0 N–H and O–H groups in total. The zero-order chi connectivity index (χ0) is 12.3. The number of hydrogen-bond acceptors (Lipinski definition) is 5. The van der Waals surface area contributed by atoms with Crippen molar-refractivity contribution in [2.24, 2.45) is 0 Å². The average molecular weight is 239 g/mol. The van der Waals surface area contributed by atoms with E-state index >= 15 is 0 Å². The number of pyridine rings is 1. The fourth-order valence-electron chi connectivity index (χ4n) is 1.14. The first-order chi connectivity index (χ1) is 8.36. The summed E-state index contributed by atoms with van der Waals surface area (Å²) in [7, 11) is 1.64. The summed E-state index contributed by atoms with van der Waals surface area (Å²) in [5.41, 5.74) is 0.403. The lowest BCUT2D eigenvalue weighted by molar-refractivity contribution is 0.0644. The molecule has 0 atom stereocenters. The molecule has 0 unspecified atom stereocenters. The van der Waals surface area contributed by atoms with Crippen LogP contribution in [-0.4, -0.2) is 44.8 Å². The second-order valence-electron chi connectivity index (χ2n) is 3.34. The normalized spacial score (nSPS) is 10.2. The maximum Gasteiger partial charge on any atom is 0.168 e. The van der Waals surface area contributed by atoms with Gasteiger partial charge in [0.2, 0.25) is 0 Å². The molecule has 5 heteroatoms. The van der Waals surface area contributed by atoms with E-state index < -0.39 is 0 Å².